The molecule has 0 N–H and O–H groups in total. The number of piperidine rings is 1. The first-order chi connectivity index (χ1) is 13.8. The minimum Gasteiger partial charge on any atom is -0.370 e. The number of aryl methyl sites for hydroxylation is 1. The molecule has 0 bridgehead atoms. The molecule has 0 unspecified atom stereocenters. The average molecular weight is 380 g/mol. The molecule has 1 amide bonds. The lowest BCUT2D eigenvalue weighted by molar-refractivity contribution is -0.138. The minimum atomic E-state index is 0.0250. The second-order valence-corrected chi connectivity index (χ2v) is 7.09. The van der Waals surface area contributed by atoms with E-state index in [1.54, 1.807) is 6.20 Å². The van der Waals surface area contributed by atoms with Crippen LogP contribution in [0.4, 0.5) is 0 Å². The molecule has 2 aliphatic heterocycles. The predicted molar refractivity (Wildman–Crippen MR) is 96.9 cm³/mol. The molecule has 0 saturated carbocycles. The number of likely N-dealkylation sites (tertiary alicyclic amines) is 1. The van der Waals surface area contributed by atoms with Gasteiger partial charge in [0.1, 0.15) is 0 Å². The molecular formula is C19H20N6O3. The minimum absolute atomic E-state index is 0.0250. The molecule has 2 aromatic heterocycles. The maximum atomic E-state index is 12.7. The van der Waals surface area contributed by atoms with Gasteiger partial charge in [0, 0.05) is 31.5 Å². The van der Waals surface area contributed by atoms with Crippen molar-refractivity contribution in [3.8, 4) is 11.4 Å². The van der Waals surface area contributed by atoms with E-state index in [1.807, 2.05) is 39.9 Å². The van der Waals surface area contributed by atoms with Gasteiger partial charge in [0.2, 0.25) is 17.6 Å². The van der Waals surface area contributed by atoms with E-state index in [0.29, 0.717) is 44.3 Å². The van der Waals surface area contributed by atoms with E-state index in [2.05, 4.69) is 20.5 Å². The maximum absolute atomic E-state index is 12.7. The summed E-state index contributed by atoms with van der Waals surface area (Å²) in [6.45, 7) is 1.80. The zero-order valence-corrected chi connectivity index (χ0v) is 15.3. The molecule has 5 rings (SSSR count). The highest BCUT2D eigenvalue weighted by atomic mass is 16.5. The molecule has 28 heavy (non-hydrogen) atoms. The number of amides is 1. The van der Waals surface area contributed by atoms with Crippen molar-refractivity contribution in [2.75, 3.05) is 13.1 Å². The molecule has 3 aromatic rings. The number of rotatable bonds is 4. The van der Waals surface area contributed by atoms with Crippen LogP contribution in [0.1, 0.15) is 30.5 Å². The van der Waals surface area contributed by atoms with Crippen molar-refractivity contribution in [1.29, 1.82) is 0 Å². The van der Waals surface area contributed by atoms with Crippen molar-refractivity contribution in [2.24, 2.45) is 0 Å². The molecule has 4 heterocycles. The molecule has 2 atom stereocenters. The summed E-state index contributed by atoms with van der Waals surface area (Å²) in [6, 6.07) is 9.66. The Hall–Kier alpha value is -3.07. The van der Waals surface area contributed by atoms with Gasteiger partial charge in [0.15, 0.2) is 0 Å². The Kier molecular flexibility index (Phi) is 4.36. The number of carbonyl (C=O) groups is 1. The van der Waals surface area contributed by atoms with Crippen LogP contribution in [0.25, 0.3) is 11.4 Å². The van der Waals surface area contributed by atoms with E-state index in [-0.39, 0.29) is 18.1 Å². The van der Waals surface area contributed by atoms with E-state index >= 15 is 0 Å². The number of ether oxygens (including phenoxy) is 1. The number of aromatic nitrogens is 5. The zero-order chi connectivity index (χ0) is 18.9. The molecule has 2 aliphatic rings. The first-order valence-corrected chi connectivity index (χ1v) is 9.44. The van der Waals surface area contributed by atoms with Crippen LogP contribution < -0.4 is 0 Å². The van der Waals surface area contributed by atoms with Crippen molar-refractivity contribution in [3.05, 3.63) is 48.1 Å². The highest BCUT2D eigenvalue weighted by molar-refractivity contribution is 5.76. The van der Waals surface area contributed by atoms with Gasteiger partial charge in [-0.1, -0.05) is 40.7 Å². The Morgan fingerprint density at radius 1 is 1.25 bits per heavy atom. The molecule has 144 valence electrons. The molecule has 9 nitrogen and oxygen atoms in total. The van der Waals surface area contributed by atoms with E-state index in [9.17, 15) is 4.79 Å². The van der Waals surface area contributed by atoms with Crippen LogP contribution in [0.3, 0.4) is 0 Å². The van der Waals surface area contributed by atoms with E-state index in [4.69, 9.17) is 9.26 Å². The lowest BCUT2D eigenvalue weighted by atomic mass is 10.00. The highest BCUT2D eigenvalue weighted by Crippen LogP contribution is 2.30. The Bertz CT molecular complexity index is 969. The quantitative estimate of drug-likeness (QED) is 0.678. The number of benzene rings is 1. The number of hydrogen-bond acceptors (Lipinski definition) is 7. The van der Waals surface area contributed by atoms with Gasteiger partial charge in [-0.3, -0.25) is 4.79 Å². The molecule has 0 spiro atoms. The fourth-order valence-electron chi connectivity index (χ4n) is 3.84. The van der Waals surface area contributed by atoms with Gasteiger partial charge in [-0.15, -0.1) is 5.10 Å². The number of hydrogen-bond donors (Lipinski definition) is 0. The monoisotopic (exact) mass is 380 g/mol. The Morgan fingerprint density at radius 2 is 2.14 bits per heavy atom. The van der Waals surface area contributed by atoms with Gasteiger partial charge in [-0.25, -0.2) is 4.68 Å². The van der Waals surface area contributed by atoms with Crippen LogP contribution in [0.2, 0.25) is 0 Å². The highest BCUT2D eigenvalue weighted by Gasteiger charge is 2.37. The summed E-state index contributed by atoms with van der Waals surface area (Å²) in [5.41, 5.74) is 1.85. The van der Waals surface area contributed by atoms with Gasteiger partial charge in [0.25, 0.3) is 0 Å². The summed E-state index contributed by atoms with van der Waals surface area (Å²) in [5.74, 6) is 1.09. The summed E-state index contributed by atoms with van der Waals surface area (Å²) in [5, 5.41) is 12.1. The van der Waals surface area contributed by atoms with Crippen LogP contribution in [-0.4, -0.2) is 55.1 Å². The first kappa shape index (κ1) is 17.1. The van der Waals surface area contributed by atoms with Crippen molar-refractivity contribution in [2.45, 2.75) is 38.0 Å². The summed E-state index contributed by atoms with van der Waals surface area (Å²) < 4.78 is 13.1. The van der Waals surface area contributed by atoms with Crippen LogP contribution in [0, 0.1) is 0 Å². The summed E-state index contributed by atoms with van der Waals surface area (Å²) in [4.78, 5) is 19.0. The summed E-state index contributed by atoms with van der Waals surface area (Å²) in [6.07, 6.45) is 3.36. The second kappa shape index (κ2) is 7.16. The van der Waals surface area contributed by atoms with Crippen LogP contribution in [-0.2, 0) is 22.6 Å². The Balaban J connectivity index is 1.21. The van der Waals surface area contributed by atoms with Gasteiger partial charge >= 0.3 is 0 Å². The number of carbonyl (C=O) groups excluding carboxylic acids is 1. The zero-order valence-electron chi connectivity index (χ0n) is 15.3. The van der Waals surface area contributed by atoms with E-state index < -0.39 is 0 Å². The topological polar surface area (TPSA) is 99.2 Å². The van der Waals surface area contributed by atoms with E-state index in [0.717, 1.165) is 17.7 Å². The predicted octanol–water partition coefficient (Wildman–Crippen LogP) is 1.63. The van der Waals surface area contributed by atoms with Crippen molar-refractivity contribution in [3.63, 3.8) is 0 Å². The van der Waals surface area contributed by atoms with Gasteiger partial charge in [-0.05, 0) is 6.42 Å². The van der Waals surface area contributed by atoms with E-state index in [1.165, 1.54) is 0 Å². The molecule has 1 saturated heterocycles. The normalized spacial score (nSPS) is 21.2. The molecule has 1 fully saturated rings. The number of nitrogens with zero attached hydrogens (tertiary/aromatic N) is 6. The fourth-order valence-corrected chi connectivity index (χ4v) is 3.84. The molecule has 9 heteroatoms. The SMILES string of the molecule is O=C(CCc1nc(-c2ccccc2)no1)N1CC[C@H]2OCc3cnnn3[C@H]2C1. The third-order valence-electron chi connectivity index (χ3n) is 5.33. The third kappa shape index (κ3) is 3.18. The lowest BCUT2D eigenvalue weighted by Crippen LogP contribution is -2.49. The van der Waals surface area contributed by atoms with Crippen molar-refractivity contribution in [1.82, 2.24) is 30.0 Å². The second-order valence-electron chi connectivity index (χ2n) is 7.09. The Morgan fingerprint density at radius 3 is 3.04 bits per heavy atom. The average Bonchev–Trinajstić information content (AvgIpc) is 3.42. The molecule has 1 aromatic carbocycles. The molecule has 0 radical (unpaired) electrons. The van der Waals surface area contributed by atoms with Crippen LogP contribution in [0.15, 0.2) is 41.1 Å². The first-order valence-electron chi connectivity index (χ1n) is 9.44. The smallest absolute Gasteiger partial charge is 0.227 e. The third-order valence-corrected chi connectivity index (χ3v) is 5.33. The van der Waals surface area contributed by atoms with Gasteiger partial charge in [0.05, 0.1) is 30.6 Å². The molecule has 0 aliphatic carbocycles. The fraction of sp³-hybridized carbons (Fsp3) is 0.421. The van der Waals surface area contributed by atoms with Gasteiger partial charge in [-0.2, -0.15) is 4.98 Å². The van der Waals surface area contributed by atoms with Gasteiger partial charge < -0.3 is 14.2 Å². The standard InChI is InChI=1S/C19H20N6O3/c26-18(7-6-17-21-19(22-28-17)13-4-2-1-3-5-13)24-9-8-16-15(11-24)25-14(12-27-16)10-20-23-25/h1-5,10,15-16H,6-9,11-12H2/t15-,16+/m0/s1. The summed E-state index contributed by atoms with van der Waals surface area (Å²) >= 11 is 0. The largest absolute Gasteiger partial charge is 0.370 e. The van der Waals surface area contributed by atoms with Crippen molar-refractivity contribution >= 4 is 5.91 Å². The lowest BCUT2D eigenvalue weighted by Gasteiger charge is -2.41. The molecular weight excluding hydrogens is 360 g/mol. The maximum Gasteiger partial charge on any atom is 0.227 e. The van der Waals surface area contributed by atoms with Crippen LogP contribution in [0.5, 0.6) is 0 Å². The van der Waals surface area contributed by atoms with Crippen molar-refractivity contribution < 1.29 is 14.1 Å². The Labute approximate surface area is 161 Å². The van der Waals surface area contributed by atoms with Crippen LogP contribution >= 0.6 is 0 Å². The summed E-state index contributed by atoms with van der Waals surface area (Å²) in [7, 11) is 0. The number of fused-ring (bicyclic) bond motifs is 3.